The maximum Gasteiger partial charge on any atom is 0.481 e. The molecule has 2 aromatic carbocycles. The predicted molar refractivity (Wildman–Crippen MR) is 189 cm³/mol. The minimum Gasteiger partial charge on any atom is -0.404 e. The van der Waals surface area contributed by atoms with Gasteiger partial charge in [0.05, 0.1) is 17.6 Å². The first kappa shape index (κ1) is 35.9. The first-order valence-corrected chi connectivity index (χ1v) is 18.0. The second-order valence-electron chi connectivity index (χ2n) is 14.6. The van der Waals surface area contributed by atoms with Crippen molar-refractivity contribution < 1.29 is 23.9 Å². The minimum atomic E-state index is -0.844. The second-order valence-corrected chi connectivity index (χ2v) is 15.8. The molecule has 2 amide bonds. The zero-order valence-corrected chi connectivity index (χ0v) is 29.4. The molecule has 1 heterocycles. The number of nitrogens with zero attached hydrogens (tertiary/aromatic N) is 2. The molecule has 14 heteroatoms. The third-order valence-corrected chi connectivity index (χ3v) is 11.5. The standard InChI is InChI=1S/C34H49BN6O6S/c1-21(2)17-29(35-46-28-20-24-19-27(33(24,3)4)34(28,5)47-35)39-31(43)26(11-8-15-37-32(36)40-41(44)45)38-30(42)14-16-48-25-13-12-22-9-6-7-10-23(22)18-25/h6-7,9-10,12-13,18,21,24,26-29H,8,11,14-17,19-20H2,1-5H3,(H,38,42)(H,39,43)(H3,36,37,40)/t24-,26+,27-,28-,29+,34+/m1/s1. The smallest absolute Gasteiger partial charge is 0.404 e. The number of aliphatic imine (C=N–C) groups is 1. The molecular formula is C34H49BN6O6S. The summed E-state index contributed by atoms with van der Waals surface area (Å²) in [6.45, 7) is 11.1. The number of carbonyl (C=O) groups excluding carboxylic acids is 2. The van der Waals surface area contributed by atoms with Gasteiger partial charge in [-0.05, 0) is 85.1 Å². The van der Waals surface area contributed by atoms with Gasteiger partial charge in [0, 0.05) is 23.6 Å². The topological polar surface area (TPSA) is 170 Å². The van der Waals surface area contributed by atoms with Gasteiger partial charge in [0.1, 0.15) is 6.04 Å². The highest BCUT2D eigenvalue weighted by Crippen LogP contribution is 2.65. The van der Waals surface area contributed by atoms with E-state index in [2.05, 4.69) is 74.5 Å². The molecule has 4 aliphatic rings. The summed E-state index contributed by atoms with van der Waals surface area (Å²) in [5, 5.41) is 18.3. The van der Waals surface area contributed by atoms with Crippen LogP contribution in [0.1, 0.15) is 73.1 Å². The Kier molecular flexibility index (Phi) is 11.3. The zero-order valence-electron chi connectivity index (χ0n) is 28.6. The number of rotatable bonds is 15. The van der Waals surface area contributed by atoms with Crippen LogP contribution in [0.2, 0.25) is 0 Å². The van der Waals surface area contributed by atoms with Crippen LogP contribution in [0.3, 0.4) is 0 Å². The molecule has 4 fully saturated rings. The minimum absolute atomic E-state index is 0.0162. The second kappa shape index (κ2) is 15.0. The number of nitrogens with one attached hydrogen (secondary N) is 3. The van der Waals surface area contributed by atoms with Crippen molar-refractivity contribution in [3.05, 3.63) is 52.6 Å². The summed E-state index contributed by atoms with van der Waals surface area (Å²) in [6, 6.07) is 13.5. The number of hydrogen-bond donors (Lipinski definition) is 4. The van der Waals surface area contributed by atoms with Gasteiger partial charge in [0.25, 0.3) is 5.96 Å². The van der Waals surface area contributed by atoms with Crippen LogP contribution in [0.25, 0.3) is 10.8 Å². The summed E-state index contributed by atoms with van der Waals surface area (Å²) in [5.74, 6) is 0.521. The Balaban J connectivity index is 1.22. The van der Waals surface area contributed by atoms with Gasteiger partial charge in [-0.2, -0.15) is 0 Å². The third kappa shape index (κ3) is 8.26. The molecule has 0 unspecified atom stereocenters. The monoisotopic (exact) mass is 680 g/mol. The van der Waals surface area contributed by atoms with Crippen LogP contribution in [0, 0.1) is 33.3 Å². The molecule has 2 aromatic rings. The largest absolute Gasteiger partial charge is 0.481 e. The number of benzene rings is 2. The van der Waals surface area contributed by atoms with Gasteiger partial charge in [-0.25, -0.2) is 15.1 Å². The van der Waals surface area contributed by atoms with E-state index in [1.807, 2.05) is 23.6 Å². The lowest BCUT2D eigenvalue weighted by molar-refractivity contribution is -0.525. The molecule has 6 rings (SSSR count). The van der Waals surface area contributed by atoms with Crippen molar-refractivity contribution in [2.75, 3.05) is 12.3 Å². The maximum absolute atomic E-state index is 13.9. The zero-order chi connectivity index (χ0) is 34.6. The molecule has 260 valence electrons. The van der Waals surface area contributed by atoms with Crippen molar-refractivity contribution in [3.63, 3.8) is 0 Å². The lowest BCUT2D eigenvalue weighted by Gasteiger charge is -2.64. The van der Waals surface area contributed by atoms with Gasteiger partial charge in [0.2, 0.25) is 11.8 Å². The molecule has 0 spiro atoms. The van der Waals surface area contributed by atoms with Crippen molar-refractivity contribution in [1.29, 1.82) is 0 Å². The van der Waals surface area contributed by atoms with Crippen LogP contribution in [0.5, 0.6) is 0 Å². The molecule has 0 radical (unpaired) electrons. The Labute approximate surface area is 287 Å². The fourth-order valence-electron chi connectivity index (χ4n) is 7.78. The van der Waals surface area contributed by atoms with Crippen LogP contribution < -0.4 is 21.8 Å². The lowest BCUT2D eigenvalue weighted by Crippen LogP contribution is -2.65. The van der Waals surface area contributed by atoms with Crippen molar-refractivity contribution in [2.24, 2.45) is 33.9 Å². The number of guanidine groups is 1. The Morgan fingerprint density at radius 3 is 2.60 bits per heavy atom. The Morgan fingerprint density at radius 1 is 1.15 bits per heavy atom. The Bertz CT molecular complexity index is 1530. The van der Waals surface area contributed by atoms with E-state index < -0.39 is 29.7 Å². The molecule has 0 aromatic heterocycles. The van der Waals surface area contributed by atoms with Crippen molar-refractivity contribution >= 4 is 47.4 Å². The fourth-order valence-corrected chi connectivity index (χ4v) is 8.68. The highest BCUT2D eigenvalue weighted by atomic mass is 32.2. The van der Waals surface area contributed by atoms with Gasteiger partial charge < -0.3 is 25.7 Å². The maximum atomic E-state index is 13.9. The van der Waals surface area contributed by atoms with Crippen molar-refractivity contribution in [1.82, 2.24) is 16.1 Å². The van der Waals surface area contributed by atoms with E-state index in [4.69, 9.17) is 15.0 Å². The number of hydrogen-bond acceptors (Lipinski definition) is 8. The van der Waals surface area contributed by atoms with E-state index in [9.17, 15) is 19.7 Å². The summed E-state index contributed by atoms with van der Waals surface area (Å²) in [5.41, 5.74) is 7.16. The third-order valence-electron chi connectivity index (χ3n) is 10.5. The molecule has 6 atom stereocenters. The summed E-state index contributed by atoms with van der Waals surface area (Å²) >= 11 is 1.59. The number of nitro groups is 1. The average Bonchev–Trinajstić information content (AvgIpc) is 3.38. The molecule has 1 aliphatic heterocycles. The Morgan fingerprint density at radius 2 is 1.90 bits per heavy atom. The van der Waals surface area contributed by atoms with E-state index in [0.717, 1.165) is 28.5 Å². The number of thioether (sulfide) groups is 1. The van der Waals surface area contributed by atoms with E-state index in [0.29, 0.717) is 30.4 Å². The molecule has 48 heavy (non-hydrogen) atoms. The van der Waals surface area contributed by atoms with Crippen LogP contribution in [0.15, 0.2) is 52.4 Å². The van der Waals surface area contributed by atoms with E-state index in [-0.39, 0.29) is 54.6 Å². The molecular weight excluding hydrogens is 631 g/mol. The lowest BCUT2D eigenvalue weighted by atomic mass is 9.43. The number of nitrogens with two attached hydrogens (primary N) is 1. The van der Waals surface area contributed by atoms with Gasteiger partial charge in [-0.3, -0.25) is 9.59 Å². The van der Waals surface area contributed by atoms with E-state index in [1.165, 1.54) is 0 Å². The van der Waals surface area contributed by atoms with Crippen LogP contribution >= 0.6 is 11.8 Å². The van der Waals surface area contributed by atoms with Crippen LogP contribution in [-0.4, -0.2) is 65.9 Å². The summed E-state index contributed by atoms with van der Waals surface area (Å²) < 4.78 is 13.3. The number of carbonyl (C=O) groups is 2. The predicted octanol–water partition coefficient (Wildman–Crippen LogP) is 4.48. The quantitative estimate of drug-likeness (QED) is 0.0403. The summed E-state index contributed by atoms with van der Waals surface area (Å²) in [6.07, 6.45) is 3.57. The SMILES string of the molecule is CC(C)C[C@H](NC(=O)[C@H](CCCN=C(N)N[N+](=O)[O-])NC(=O)CCSc1ccc2ccccc2c1)B1O[C@@H]2C[C@H]3C[C@H](C3(C)C)[C@]2(C)O1. The molecule has 1 saturated heterocycles. The number of amides is 2. The molecule has 5 N–H and O–H groups in total. The van der Waals surface area contributed by atoms with Crippen LogP contribution in [0.4, 0.5) is 0 Å². The van der Waals surface area contributed by atoms with E-state index >= 15 is 0 Å². The highest BCUT2D eigenvalue weighted by Gasteiger charge is 2.68. The van der Waals surface area contributed by atoms with Crippen LogP contribution in [-0.2, 0) is 18.9 Å². The average molecular weight is 681 g/mol. The van der Waals surface area contributed by atoms with Gasteiger partial charge >= 0.3 is 7.12 Å². The molecule has 3 aliphatic carbocycles. The number of hydrazine groups is 1. The molecule has 3 saturated carbocycles. The number of fused-ring (bicyclic) bond motifs is 1. The fraction of sp³-hybridized carbons (Fsp3) is 0.618. The van der Waals surface area contributed by atoms with Gasteiger partial charge in [-0.15, -0.1) is 11.8 Å². The van der Waals surface area contributed by atoms with Gasteiger partial charge in [-0.1, -0.05) is 63.5 Å². The first-order valence-electron chi connectivity index (χ1n) is 17.0. The van der Waals surface area contributed by atoms with Gasteiger partial charge in [0.15, 0.2) is 5.03 Å². The van der Waals surface area contributed by atoms with Crippen molar-refractivity contribution in [2.45, 2.75) is 102 Å². The first-order chi connectivity index (χ1) is 22.8. The normalized spacial score (nSPS) is 25.6. The molecule has 2 bridgehead atoms. The van der Waals surface area contributed by atoms with Crippen molar-refractivity contribution in [3.8, 4) is 0 Å². The highest BCUT2D eigenvalue weighted by molar-refractivity contribution is 7.99. The van der Waals surface area contributed by atoms with E-state index in [1.54, 1.807) is 11.8 Å². The molecule has 12 nitrogen and oxygen atoms in total. The Hall–Kier alpha value is -3.36. The summed E-state index contributed by atoms with van der Waals surface area (Å²) in [7, 11) is -0.589. The summed E-state index contributed by atoms with van der Waals surface area (Å²) in [4.78, 5) is 42.7.